The molecular weight excluding hydrogens is 518 g/mol. The number of allylic oxidation sites excluding steroid dienone is 2. The second-order valence-corrected chi connectivity index (χ2v) is 11.5. The van der Waals surface area contributed by atoms with Crippen LogP contribution in [0.1, 0.15) is 41.8 Å². The highest BCUT2D eigenvalue weighted by molar-refractivity contribution is 7.99. The number of carbonyl (C=O) groups is 2. The number of nitrogens with zero attached hydrogens (tertiary/aromatic N) is 4. The molecule has 0 fully saturated rings. The molecule has 0 spiro atoms. The van der Waals surface area contributed by atoms with Gasteiger partial charge in [-0.3, -0.25) is 9.59 Å². The molecule has 0 saturated carbocycles. The first kappa shape index (κ1) is 29.3. The summed E-state index contributed by atoms with van der Waals surface area (Å²) < 4.78 is 0. The molecule has 2 aromatic carbocycles. The van der Waals surface area contributed by atoms with Crippen LogP contribution in [0.15, 0.2) is 71.9 Å². The molecule has 7 nitrogen and oxygen atoms in total. The molecule has 40 heavy (non-hydrogen) atoms. The Labute approximate surface area is 242 Å². The van der Waals surface area contributed by atoms with Crippen molar-refractivity contribution in [1.29, 1.82) is 0 Å². The van der Waals surface area contributed by atoms with E-state index in [9.17, 15) is 9.59 Å². The zero-order valence-electron chi connectivity index (χ0n) is 24.1. The van der Waals surface area contributed by atoms with Crippen molar-refractivity contribution in [3.05, 3.63) is 89.3 Å². The Morgan fingerprint density at radius 2 is 1.70 bits per heavy atom. The number of hydrogen-bond acceptors (Lipinski definition) is 6. The minimum atomic E-state index is -0.619. The zero-order chi connectivity index (χ0) is 28.6. The van der Waals surface area contributed by atoms with Crippen molar-refractivity contribution in [2.24, 2.45) is 5.92 Å². The molecule has 8 heteroatoms. The molecule has 1 N–H and O–H groups in total. The summed E-state index contributed by atoms with van der Waals surface area (Å²) in [6.45, 7) is 6.25. The Hall–Kier alpha value is -3.65. The SMILES string of the molecule is Cc1cc(C)nc(SCC(=O)N(Cc2ccccc2C)[C@@H](C(=O)Nc2ccc(N(C)C)cc2)[C@H]2CC=CCC2)n1. The molecule has 0 radical (unpaired) electrons. The quantitative estimate of drug-likeness (QED) is 0.189. The minimum Gasteiger partial charge on any atom is -0.378 e. The van der Waals surface area contributed by atoms with Gasteiger partial charge in [-0.25, -0.2) is 9.97 Å². The van der Waals surface area contributed by atoms with E-state index in [1.165, 1.54) is 11.8 Å². The van der Waals surface area contributed by atoms with Gasteiger partial charge in [0.25, 0.3) is 0 Å². The highest BCUT2D eigenvalue weighted by atomic mass is 32.2. The van der Waals surface area contributed by atoms with E-state index >= 15 is 0 Å². The van der Waals surface area contributed by atoms with Gasteiger partial charge in [-0.05, 0) is 87.4 Å². The van der Waals surface area contributed by atoms with E-state index in [0.29, 0.717) is 17.4 Å². The Kier molecular flexibility index (Phi) is 9.98. The Bertz CT molecular complexity index is 1340. The number of anilines is 2. The van der Waals surface area contributed by atoms with Gasteiger partial charge >= 0.3 is 0 Å². The number of aromatic nitrogens is 2. The summed E-state index contributed by atoms with van der Waals surface area (Å²) >= 11 is 1.32. The summed E-state index contributed by atoms with van der Waals surface area (Å²) in [6, 6.07) is 17.1. The van der Waals surface area contributed by atoms with Crippen molar-refractivity contribution < 1.29 is 9.59 Å². The zero-order valence-corrected chi connectivity index (χ0v) is 24.9. The van der Waals surface area contributed by atoms with E-state index in [2.05, 4.69) is 27.4 Å². The first-order valence-electron chi connectivity index (χ1n) is 13.7. The maximum atomic E-state index is 14.0. The number of aryl methyl sites for hydroxylation is 3. The molecule has 3 aromatic rings. The van der Waals surface area contributed by atoms with Crippen molar-refractivity contribution in [3.8, 4) is 0 Å². The van der Waals surface area contributed by atoms with E-state index in [0.717, 1.165) is 47.5 Å². The molecule has 210 valence electrons. The van der Waals surface area contributed by atoms with Crippen molar-refractivity contribution in [3.63, 3.8) is 0 Å². The molecule has 0 unspecified atom stereocenters. The number of nitrogens with one attached hydrogen (secondary N) is 1. The average molecular weight is 558 g/mol. The molecule has 1 aliphatic rings. The molecule has 1 heterocycles. The van der Waals surface area contributed by atoms with Crippen LogP contribution in [0.5, 0.6) is 0 Å². The fourth-order valence-electron chi connectivity index (χ4n) is 5.05. The number of benzene rings is 2. The molecule has 0 saturated heterocycles. The number of carbonyl (C=O) groups excluding carboxylic acids is 2. The Morgan fingerprint density at radius 1 is 1.00 bits per heavy atom. The summed E-state index contributed by atoms with van der Waals surface area (Å²) in [5.74, 6) is -0.0961. The van der Waals surface area contributed by atoms with Crippen molar-refractivity contribution in [2.75, 3.05) is 30.1 Å². The summed E-state index contributed by atoms with van der Waals surface area (Å²) in [7, 11) is 3.97. The fourth-order valence-corrected chi connectivity index (χ4v) is 5.89. The molecule has 1 aliphatic carbocycles. The van der Waals surface area contributed by atoms with E-state index in [4.69, 9.17) is 0 Å². The summed E-state index contributed by atoms with van der Waals surface area (Å²) in [5.41, 5.74) is 5.62. The Morgan fingerprint density at radius 3 is 2.33 bits per heavy atom. The second kappa shape index (κ2) is 13.6. The molecule has 0 aliphatic heterocycles. The predicted octanol–water partition coefficient (Wildman–Crippen LogP) is 5.95. The largest absolute Gasteiger partial charge is 0.378 e. The normalized spacial score (nSPS) is 15.4. The van der Waals surface area contributed by atoms with Crippen LogP contribution in [-0.4, -0.2) is 52.6 Å². The van der Waals surface area contributed by atoms with E-state index in [1.807, 2.05) is 94.4 Å². The number of hydrogen-bond donors (Lipinski definition) is 1. The first-order valence-corrected chi connectivity index (χ1v) is 14.7. The highest BCUT2D eigenvalue weighted by Crippen LogP contribution is 2.29. The van der Waals surface area contributed by atoms with Crippen molar-refractivity contribution in [2.45, 2.75) is 57.8 Å². The third-order valence-electron chi connectivity index (χ3n) is 7.22. The lowest BCUT2D eigenvalue weighted by molar-refractivity contribution is -0.139. The van der Waals surface area contributed by atoms with Crippen molar-refractivity contribution >= 4 is 35.0 Å². The maximum Gasteiger partial charge on any atom is 0.247 e. The van der Waals surface area contributed by atoms with Crippen molar-refractivity contribution in [1.82, 2.24) is 14.9 Å². The third-order valence-corrected chi connectivity index (χ3v) is 8.05. The van der Waals surface area contributed by atoms with Gasteiger partial charge in [0.05, 0.1) is 5.75 Å². The van der Waals surface area contributed by atoms with Gasteiger partial charge in [0.15, 0.2) is 5.16 Å². The topological polar surface area (TPSA) is 78.4 Å². The predicted molar refractivity (Wildman–Crippen MR) is 164 cm³/mol. The van der Waals surface area contributed by atoms with Crippen LogP contribution < -0.4 is 10.2 Å². The number of amides is 2. The highest BCUT2D eigenvalue weighted by Gasteiger charge is 2.36. The lowest BCUT2D eigenvalue weighted by Crippen LogP contribution is -2.52. The average Bonchev–Trinajstić information content (AvgIpc) is 2.93. The van der Waals surface area contributed by atoms with Gasteiger partial charge in [0, 0.05) is 43.4 Å². The summed E-state index contributed by atoms with van der Waals surface area (Å²) in [6.07, 6.45) is 6.78. The second-order valence-electron chi connectivity index (χ2n) is 10.6. The van der Waals surface area contributed by atoms with Gasteiger partial charge in [0.1, 0.15) is 6.04 Å². The van der Waals surface area contributed by atoms with Crippen LogP contribution in [0, 0.1) is 26.7 Å². The van der Waals surface area contributed by atoms with Gasteiger partial charge < -0.3 is 15.1 Å². The summed E-state index contributed by atoms with van der Waals surface area (Å²) in [5, 5.41) is 3.70. The standard InChI is InChI=1S/C32H39N5O2S/c1-22-11-9-10-14-26(22)20-37(29(38)21-40-32-33-23(2)19-24(3)34-32)30(25-12-7-6-8-13-25)31(39)35-27-15-17-28(18-16-27)36(4)5/h6-7,9-11,14-19,25,30H,8,12-13,20-21H2,1-5H3,(H,35,39)/t25-,30+/m0/s1. The molecule has 2 amide bonds. The number of rotatable bonds is 10. The van der Waals surface area contributed by atoms with Crippen LogP contribution in [-0.2, 0) is 16.1 Å². The number of thioether (sulfide) groups is 1. The lowest BCUT2D eigenvalue weighted by Gasteiger charge is -2.37. The van der Waals surface area contributed by atoms with Gasteiger partial charge in [-0.15, -0.1) is 0 Å². The van der Waals surface area contributed by atoms with E-state index in [-0.39, 0.29) is 23.5 Å². The van der Waals surface area contributed by atoms with Crippen LogP contribution in [0.4, 0.5) is 11.4 Å². The monoisotopic (exact) mass is 557 g/mol. The lowest BCUT2D eigenvalue weighted by atomic mass is 9.85. The van der Waals surface area contributed by atoms with E-state index in [1.54, 1.807) is 4.90 Å². The van der Waals surface area contributed by atoms with Gasteiger partial charge in [0.2, 0.25) is 11.8 Å². The maximum absolute atomic E-state index is 14.0. The van der Waals surface area contributed by atoms with Crippen LogP contribution in [0.3, 0.4) is 0 Å². The summed E-state index contributed by atoms with van der Waals surface area (Å²) in [4.78, 5) is 40.8. The minimum absolute atomic E-state index is 0.0153. The molecule has 0 bridgehead atoms. The molecular formula is C32H39N5O2S. The smallest absolute Gasteiger partial charge is 0.247 e. The first-order chi connectivity index (χ1) is 19.2. The molecule has 2 atom stereocenters. The Balaban J connectivity index is 1.65. The van der Waals surface area contributed by atoms with Crippen LogP contribution in [0.25, 0.3) is 0 Å². The van der Waals surface area contributed by atoms with Gasteiger partial charge in [-0.1, -0.05) is 48.2 Å². The third kappa shape index (κ3) is 7.72. The molecule has 1 aromatic heterocycles. The van der Waals surface area contributed by atoms with Crippen LogP contribution in [0.2, 0.25) is 0 Å². The van der Waals surface area contributed by atoms with Crippen LogP contribution >= 0.6 is 11.8 Å². The van der Waals surface area contributed by atoms with Gasteiger partial charge in [-0.2, -0.15) is 0 Å². The fraction of sp³-hybridized carbons (Fsp3) is 0.375. The molecule has 4 rings (SSSR count). The van der Waals surface area contributed by atoms with E-state index < -0.39 is 6.04 Å².